The van der Waals surface area contributed by atoms with Gasteiger partial charge in [0.05, 0.1) is 17.7 Å². The van der Waals surface area contributed by atoms with Gasteiger partial charge in [0.15, 0.2) is 5.96 Å². The van der Waals surface area contributed by atoms with E-state index in [9.17, 15) is 0 Å². The Hall–Kier alpha value is -0.370. The molecule has 0 aliphatic heterocycles. The second-order valence-corrected chi connectivity index (χ2v) is 4.51. The van der Waals surface area contributed by atoms with Crippen molar-refractivity contribution in [3.8, 4) is 0 Å². The monoisotopic (exact) mass is 368 g/mol. The fourth-order valence-corrected chi connectivity index (χ4v) is 1.98. The van der Waals surface area contributed by atoms with Crippen molar-refractivity contribution in [2.24, 2.45) is 4.99 Å². The smallest absolute Gasteiger partial charge is 0.191 e. The van der Waals surface area contributed by atoms with Gasteiger partial charge in [0.1, 0.15) is 0 Å². The average molecular weight is 368 g/mol. The lowest BCUT2D eigenvalue weighted by Crippen LogP contribution is -2.37. The standard InChI is InChI=1S/C11H20N4S.HI/c1-4-5-6-13-11(12-3)14-7-10-9(2)15-8-16-10;/h8H,4-7H2,1-3H3,(H2,12,13,14);1H. The Morgan fingerprint density at radius 2 is 2.24 bits per heavy atom. The zero-order valence-electron chi connectivity index (χ0n) is 10.6. The van der Waals surface area contributed by atoms with E-state index in [1.54, 1.807) is 18.4 Å². The molecule has 1 aromatic heterocycles. The predicted octanol–water partition coefficient (Wildman–Crippen LogP) is 2.53. The van der Waals surface area contributed by atoms with Gasteiger partial charge in [-0.2, -0.15) is 0 Å². The number of halogens is 1. The molecule has 1 rings (SSSR count). The molecule has 0 amide bonds. The summed E-state index contributed by atoms with van der Waals surface area (Å²) in [5, 5.41) is 6.56. The number of guanidine groups is 1. The van der Waals surface area contributed by atoms with Crippen LogP contribution in [0, 0.1) is 6.92 Å². The highest BCUT2D eigenvalue weighted by Gasteiger charge is 2.02. The molecule has 1 heterocycles. The van der Waals surface area contributed by atoms with Gasteiger partial charge in [-0.15, -0.1) is 35.3 Å². The van der Waals surface area contributed by atoms with Crippen molar-refractivity contribution in [1.82, 2.24) is 15.6 Å². The molecule has 0 saturated heterocycles. The van der Waals surface area contributed by atoms with Crippen LogP contribution in [0.2, 0.25) is 0 Å². The van der Waals surface area contributed by atoms with Crippen LogP contribution in [-0.2, 0) is 6.54 Å². The quantitative estimate of drug-likeness (QED) is 0.364. The molecule has 0 spiro atoms. The number of hydrogen-bond acceptors (Lipinski definition) is 3. The second kappa shape index (κ2) is 9.64. The minimum Gasteiger partial charge on any atom is -0.356 e. The predicted molar refractivity (Wildman–Crippen MR) is 85.4 cm³/mol. The van der Waals surface area contributed by atoms with Gasteiger partial charge in [-0.3, -0.25) is 4.99 Å². The van der Waals surface area contributed by atoms with Crippen LogP contribution in [-0.4, -0.2) is 24.5 Å². The van der Waals surface area contributed by atoms with Gasteiger partial charge in [-0.1, -0.05) is 13.3 Å². The van der Waals surface area contributed by atoms with E-state index < -0.39 is 0 Å². The summed E-state index contributed by atoms with van der Waals surface area (Å²) >= 11 is 1.67. The van der Waals surface area contributed by atoms with E-state index in [2.05, 4.69) is 27.5 Å². The molecular formula is C11H21IN4S. The van der Waals surface area contributed by atoms with E-state index in [0.717, 1.165) is 24.7 Å². The molecule has 2 N–H and O–H groups in total. The molecule has 0 aliphatic rings. The van der Waals surface area contributed by atoms with Gasteiger partial charge in [-0.25, -0.2) is 4.98 Å². The minimum atomic E-state index is 0. The summed E-state index contributed by atoms with van der Waals surface area (Å²) in [7, 11) is 1.79. The minimum absolute atomic E-state index is 0. The second-order valence-electron chi connectivity index (χ2n) is 3.57. The van der Waals surface area contributed by atoms with Crippen molar-refractivity contribution in [2.75, 3.05) is 13.6 Å². The molecular weight excluding hydrogens is 347 g/mol. The largest absolute Gasteiger partial charge is 0.356 e. The van der Waals surface area contributed by atoms with Crippen LogP contribution in [0.25, 0.3) is 0 Å². The lowest BCUT2D eigenvalue weighted by molar-refractivity contribution is 0.729. The van der Waals surface area contributed by atoms with Crippen LogP contribution in [0.15, 0.2) is 10.5 Å². The van der Waals surface area contributed by atoms with E-state index in [0.29, 0.717) is 0 Å². The summed E-state index contributed by atoms with van der Waals surface area (Å²) in [5.74, 6) is 0.862. The molecule has 0 radical (unpaired) electrons. The van der Waals surface area contributed by atoms with Crippen LogP contribution in [0.4, 0.5) is 0 Å². The first-order valence-electron chi connectivity index (χ1n) is 5.61. The highest BCUT2D eigenvalue weighted by Crippen LogP contribution is 2.10. The third-order valence-electron chi connectivity index (χ3n) is 2.31. The van der Waals surface area contributed by atoms with E-state index in [-0.39, 0.29) is 24.0 Å². The first-order chi connectivity index (χ1) is 7.77. The van der Waals surface area contributed by atoms with Crippen LogP contribution >= 0.6 is 35.3 Å². The number of nitrogens with one attached hydrogen (secondary N) is 2. The molecule has 17 heavy (non-hydrogen) atoms. The molecule has 0 atom stereocenters. The molecule has 0 unspecified atom stereocenters. The van der Waals surface area contributed by atoms with Crippen LogP contribution < -0.4 is 10.6 Å². The van der Waals surface area contributed by atoms with Crippen LogP contribution in [0.1, 0.15) is 30.3 Å². The zero-order valence-corrected chi connectivity index (χ0v) is 13.8. The Labute approximate surface area is 124 Å². The summed E-state index contributed by atoms with van der Waals surface area (Å²) in [5.41, 5.74) is 2.97. The number of aryl methyl sites for hydroxylation is 1. The van der Waals surface area contributed by atoms with Crippen molar-refractivity contribution < 1.29 is 0 Å². The van der Waals surface area contributed by atoms with Crippen molar-refractivity contribution in [3.63, 3.8) is 0 Å². The molecule has 0 aliphatic carbocycles. The maximum Gasteiger partial charge on any atom is 0.191 e. The first kappa shape index (κ1) is 16.6. The van der Waals surface area contributed by atoms with E-state index in [4.69, 9.17) is 0 Å². The molecule has 0 saturated carbocycles. The van der Waals surface area contributed by atoms with Crippen molar-refractivity contribution in [3.05, 3.63) is 16.1 Å². The molecule has 1 aromatic rings. The van der Waals surface area contributed by atoms with Crippen molar-refractivity contribution in [2.45, 2.75) is 33.2 Å². The lowest BCUT2D eigenvalue weighted by Gasteiger charge is -2.10. The van der Waals surface area contributed by atoms with Crippen LogP contribution in [0.3, 0.4) is 0 Å². The molecule has 0 fully saturated rings. The van der Waals surface area contributed by atoms with Crippen molar-refractivity contribution in [1.29, 1.82) is 0 Å². The highest BCUT2D eigenvalue weighted by atomic mass is 127. The zero-order chi connectivity index (χ0) is 11.8. The fourth-order valence-electron chi connectivity index (χ4n) is 1.26. The summed E-state index contributed by atoms with van der Waals surface area (Å²) < 4.78 is 0. The number of thiazole rings is 1. The van der Waals surface area contributed by atoms with Gasteiger partial charge >= 0.3 is 0 Å². The fraction of sp³-hybridized carbons (Fsp3) is 0.636. The number of nitrogens with zero attached hydrogens (tertiary/aromatic N) is 2. The Kier molecular flexibility index (Phi) is 9.43. The van der Waals surface area contributed by atoms with Gasteiger partial charge in [-0.05, 0) is 13.3 Å². The van der Waals surface area contributed by atoms with Gasteiger partial charge in [0, 0.05) is 18.5 Å². The Bertz CT molecular complexity index is 338. The molecule has 98 valence electrons. The van der Waals surface area contributed by atoms with Crippen LogP contribution in [0.5, 0.6) is 0 Å². The SMILES string of the molecule is CCCCNC(=NC)NCc1scnc1C.I. The Balaban J connectivity index is 0.00000256. The Morgan fingerprint density at radius 1 is 1.47 bits per heavy atom. The Morgan fingerprint density at radius 3 is 2.76 bits per heavy atom. The van der Waals surface area contributed by atoms with E-state index in [1.165, 1.54) is 17.7 Å². The summed E-state index contributed by atoms with van der Waals surface area (Å²) in [6, 6.07) is 0. The molecule has 4 nitrogen and oxygen atoms in total. The van der Waals surface area contributed by atoms with Crippen molar-refractivity contribution >= 4 is 41.3 Å². The molecule has 0 aromatic carbocycles. The maximum atomic E-state index is 4.21. The van der Waals surface area contributed by atoms with E-state index in [1.807, 2.05) is 12.4 Å². The summed E-state index contributed by atoms with van der Waals surface area (Å²) in [6.45, 7) is 5.97. The highest BCUT2D eigenvalue weighted by molar-refractivity contribution is 14.0. The summed E-state index contributed by atoms with van der Waals surface area (Å²) in [6.07, 6.45) is 2.36. The number of aromatic nitrogens is 1. The van der Waals surface area contributed by atoms with Gasteiger partial charge < -0.3 is 10.6 Å². The third-order valence-corrected chi connectivity index (χ3v) is 3.24. The number of aliphatic imine (C=N–C) groups is 1. The number of unbranched alkanes of at least 4 members (excludes halogenated alkanes) is 1. The topological polar surface area (TPSA) is 49.3 Å². The number of hydrogen-bond donors (Lipinski definition) is 2. The lowest BCUT2D eigenvalue weighted by atomic mass is 10.3. The average Bonchev–Trinajstić information content (AvgIpc) is 2.69. The van der Waals surface area contributed by atoms with Gasteiger partial charge in [0.2, 0.25) is 0 Å². The number of rotatable bonds is 5. The van der Waals surface area contributed by atoms with E-state index >= 15 is 0 Å². The van der Waals surface area contributed by atoms with Gasteiger partial charge in [0.25, 0.3) is 0 Å². The maximum absolute atomic E-state index is 4.21. The first-order valence-corrected chi connectivity index (χ1v) is 6.49. The third kappa shape index (κ3) is 6.21. The molecule has 6 heteroatoms. The molecule has 0 bridgehead atoms. The summed E-state index contributed by atoms with van der Waals surface area (Å²) in [4.78, 5) is 9.64. The normalized spacial score (nSPS) is 10.9.